The number of nitrogens with one attached hydrogen (secondary N) is 1. The van der Waals surface area contributed by atoms with Crippen LogP contribution in [0.2, 0.25) is 0 Å². The van der Waals surface area contributed by atoms with Crippen LogP contribution < -0.4 is 11.1 Å². The van der Waals surface area contributed by atoms with Gasteiger partial charge in [0.25, 0.3) is 5.91 Å². The second kappa shape index (κ2) is 7.39. The zero-order valence-corrected chi connectivity index (χ0v) is 13.9. The Labute approximate surface area is 142 Å². The van der Waals surface area contributed by atoms with Crippen molar-refractivity contribution in [2.75, 3.05) is 25.4 Å². The Hall–Kier alpha value is -2.49. The molecule has 1 fully saturated rings. The number of amides is 2. The van der Waals surface area contributed by atoms with Crippen LogP contribution in [-0.2, 0) is 11.3 Å². The molecule has 0 bridgehead atoms. The van der Waals surface area contributed by atoms with Crippen LogP contribution in [0, 0.1) is 5.92 Å². The van der Waals surface area contributed by atoms with Crippen molar-refractivity contribution in [1.29, 1.82) is 0 Å². The Morgan fingerprint density at radius 2 is 2.33 bits per heavy atom. The molecule has 0 saturated carbocycles. The number of nitrogens with zero attached hydrogens (tertiary/aromatic N) is 5. The van der Waals surface area contributed by atoms with Gasteiger partial charge < -0.3 is 16.0 Å². The zero-order valence-electron chi connectivity index (χ0n) is 13.1. The highest BCUT2D eigenvalue weighted by molar-refractivity contribution is 7.12. The van der Waals surface area contributed by atoms with Gasteiger partial charge in [-0.05, 0) is 40.6 Å². The first-order chi connectivity index (χ1) is 11.6. The number of thiophene rings is 1. The summed E-state index contributed by atoms with van der Waals surface area (Å²) in [6.45, 7) is 1.92. The van der Waals surface area contributed by atoms with E-state index in [4.69, 9.17) is 5.73 Å². The lowest BCUT2D eigenvalue weighted by atomic mass is 9.98. The van der Waals surface area contributed by atoms with Crippen LogP contribution in [0.5, 0.6) is 0 Å². The van der Waals surface area contributed by atoms with Crippen LogP contribution in [0.1, 0.15) is 22.5 Å². The predicted molar refractivity (Wildman–Crippen MR) is 88.2 cm³/mol. The minimum atomic E-state index is -0.0664. The highest BCUT2D eigenvalue weighted by Gasteiger charge is 2.25. The molecule has 2 amide bonds. The maximum absolute atomic E-state index is 12.4. The number of carbonyl (C=O) groups is 2. The standard InChI is InChI=1S/C14H19N7O2S/c15-14-17-18-19-21(14)9-12(22)20-5-1-3-10(8-20)7-16-13(23)11-4-2-6-24-11/h2,4,6,10H,1,3,5,7-9H2,(H,16,23)(H2,15,17,19)/t10-/m1/s1. The third kappa shape index (κ3) is 3.88. The number of tetrazole rings is 1. The molecular weight excluding hydrogens is 330 g/mol. The second-order valence-electron chi connectivity index (χ2n) is 5.73. The van der Waals surface area contributed by atoms with E-state index in [2.05, 4.69) is 20.8 Å². The molecule has 0 unspecified atom stereocenters. The summed E-state index contributed by atoms with van der Waals surface area (Å²) < 4.78 is 1.28. The average molecular weight is 349 g/mol. The Kier molecular flexibility index (Phi) is 5.04. The van der Waals surface area contributed by atoms with Crippen LogP contribution in [0.3, 0.4) is 0 Å². The molecule has 2 aromatic rings. The van der Waals surface area contributed by atoms with E-state index in [1.54, 1.807) is 11.0 Å². The van der Waals surface area contributed by atoms with Crippen molar-refractivity contribution in [2.24, 2.45) is 5.92 Å². The van der Waals surface area contributed by atoms with Crippen LogP contribution in [0.4, 0.5) is 5.95 Å². The molecule has 2 aromatic heterocycles. The number of piperidine rings is 1. The first-order valence-electron chi connectivity index (χ1n) is 7.74. The number of nitrogens with two attached hydrogens (primary N) is 1. The van der Waals surface area contributed by atoms with E-state index in [1.807, 2.05) is 11.4 Å². The first-order valence-corrected chi connectivity index (χ1v) is 8.62. The van der Waals surface area contributed by atoms with Gasteiger partial charge in [-0.15, -0.1) is 11.3 Å². The van der Waals surface area contributed by atoms with Gasteiger partial charge in [-0.25, -0.2) is 4.68 Å². The van der Waals surface area contributed by atoms with Crippen LogP contribution in [-0.4, -0.2) is 56.6 Å². The van der Waals surface area contributed by atoms with Crippen molar-refractivity contribution in [3.05, 3.63) is 22.4 Å². The summed E-state index contributed by atoms with van der Waals surface area (Å²) in [5.41, 5.74) is 5.58. The zero-order chi connectivity index (χ0) is 16.9. The minimum Gasteiger partial charge on any atom is -0.367 e. The van der Waals surface area contributed by atoms with Gasteiger partial charge in [-0.1, -0.05) is 11.2 Å². The Balaban J connectivity index is 1.49. The summed E-state index contributed by atoms with van der Waals surface area (Å²) in [5, 5.41) is 15.5. The fourth-order valence-corrected chi connectivity index (χ4v) is 3.38. The molecule has 0 radical (unpaired) electrons. The molecule has 3 N–H and O–H groups in total. The summed E-state index contributed by atoms with van der Waals surface area (Å²) in [6.07, 6.45) is 1.90. The van der Waals surface area contributed by atoms with Gasteiger partial charge in [0.1, 0.15) is 6.54 Å². The topological polar surface area (TPSA) is 119 Å². The molecule has 128 valence electrons. The molecule has 0 spiro atoms. The number of aromatic nitrogens is 4. The van der Waals surface area contributed by atoms with E-state index < -0.39 is 0 Å². The van der Waals surface area contributed by atoms with Crippen molar-refractivity contribution in [3.63, 3.8) is 0 Å². The summed E-state index contributed by atoms with van der Waals surface area (Å²) in [6, 6.07) is 3.65. The number of rotatable bonds is 5. The van der Waals surface area contributed by atoms with Crippen molar-refractivity contribution >= 4 is 29.1 Å². The van der Waals surface area contributed by atoms with Crippen LogP contribution in [0.15, 0.2) is 17.5 Å². The van der Waals surface area contributed by atoms with Gasteiger partial charge >= 0.3 is 0 Å². The number of likely N-dealkylation sites (tertiary alicyclic amines) is 1. The number of hydrogen-bond acceptors (Lipinski definition) is 7. The van der Waals surface area contributed by atoms with Gasteiger partial charge in [0, 0.05) is 19.6 Å². The van der Waals surface area contributed by atoms with Crippen molar-refractivity contribution < 1.29 is 9.59 Å². The van der Waals surface area contributed by atoms with Crippen molar-refractivity contribution in [1.82, 2.24) is 30.4 Å². The van der Waals surface area contributed by atoms with Gasteiger partial charge in [0.15, 0.2) is 0 Å². The summed E-state index contributed by atoms with van der Waals surface area (Å²) in [7, 11) is 0. The third-order valence-corrected chi connectivity index (χ3v) is 4.88. The van der Waals surface area contributed by atoms with Gasteiger partial charge in [-0.3, -0.25) is 9.59 Å². The summed E-state index contributed by atoms with van der Waals surface area (Å²) in [4.78, 5) is 26.8. The molecule has 24 heavy (non-hydrogen) atoms. The van der Waals surface area contributed by atoms with E-state index in [9.17, 15) is 9.59 Å². The Bertz CT molecular complexity index is 700. The molecule has 1 aliphatic heterocycles. The quantitative estimate of drug-likeness (QED) is 0.783. The number of hydrogen-bond donors (Lipinski definition) is 2. The fraction of sp³-hybridized carbons (Fsp3) is 0.500. The summed E-state index contributed by atoms with van der Waals surface area (Å²) in [5.74, 6) is 0.246. The van der Waals surface area contributed by atoms with E-state index in [1.165, 1.54) is 16.0 Å². The predicted octanol–water partition coefficient (Wildman–Crippen LogP) is -0.0146. The molecule has 0 aliphatic carbocycles. The Morgan fingerprint density at radius 3 is 3.04 bits per heavy atom. The van der Waals surface area contributed by atoms with Gasteiger partial charge in [0.2, 0.25) is 11.9 Å². The maximum Gasteiger partial charge on any atom is 0.261 e. The highest BCUT2D eigenvalue weighted by Crippen LogP contribution is 2.17. The minimum absolute atomic E-state index is 0.0348. The lowest BCUT2D eigenvalue weighted by molar-refractivity contribution is -0.133. The maximum atomic E-state index is 12.4. The molecule has 10 heteroatoms. The van der Waals surface area contributed by atoms with E-state index >= 15 is 0 Å². The highest BCUT2D eigenvalue weighted by atomic mass is 32.1. The molecule has 3 rings (SSSR count). The first kappa shape index (κ1) is 16.4. The van der Waals surface area contributed by atoms with Crippen LogP contribution in [0.25, 0.3) is 0 Å². The molecule has 9 nitrogen and oxygen atoms in total. The molecule has 0 aromatic carbocycles. The van der Waals surface area contributed by atoms with E-state index in [0.29, 0.717) is 24.5 Å². The smallest absolute Gasteiger partial charge is 0.261 e. The lowest BCUT2D eigenvalue weighted by Crippen LogP contribution is -2.44. The summed E-state index contributed by atoms with van der Waals surface area (Å²) >= 11 is 1.42. The normalized spacial score (nSPS) is 17.7. The monoisotopic (exact) mass is 349 g/mol. The average Bonchev–Trinajstić information content (AvgIpc) is 3.25. The SMILES string of the molecule is Nc1nnnn1CC(=O)N1CCC[C@H](CNC(=O)c2cccs2)C1. The number of nitrogen functional groups attached to an aromatic ring is 1. The largest absolute Gasteiger partial charge is 0.367 e. The molecule has 1 aliphatic rings. The van der Waals surface area contributed by atoms with Gasteiger partial charge in [-0.2, -0.15) is 0 Å². The van der Waals surface area contributed by atoms with Gasteiger partial charge in [0.05, 0.1) is 4.88 Å². The Morgan fingerprint density at radius 1 is 1.46 bits per heavy atom. The van der Waals surface area contributed by atoms with E-state index in [0.717, 1.165) is 12.8 Å². The fourth-order valence-electron chi connectivity index (χ4n) is 2.74. The molecular formula is C14H19N7O2S. The molecule has 1 atom stereocenters. The van der Waals surface area contributed by atoms with Crippen molar-refractivity contribution in [3.8, 4) is 0 Å². The molecule has 1 saturated heterocycles. The second-order valence-corrected chi connectivity index (χ2v) is 6.68. The van der Waals surface area contributed by atoms with Crippen molar-refractivity contribution in [2.45, 2.75) is 19.4 Å². The lowest BCUT2D eigenvalue weighted by Gasteiger charge is -2.32. The third-order valence-electron chi connectivity index (χ3n) is 4.01. The molecule has 3 heterocycles. The van der Waals surface area contributed by atoms with E-state index in [-0.39, 0.29) is 30.2 Å². The van der Waals surface area contributed by atoms with Crippen LogP contribution >= 0.6 is 11.3 Å². The number of carbonyl (C=O) groups excluding carboxylic acids is 2. The number of anilines is 1.